The zero-order valence-corrected chi connectivity index (χ0v) is 10.9. The number of carboxylic acid groups (broad SMARTS) is 1. The fourth-order valence-corrected chi connectivity index (χ4v) is 1.98. The number of amides is 1. The summed E-state index contributed by atoms with van der Waals surface area (Å²) in [6.07, 6.45) is 0.870. The molecule has 1 aliphatic rings. The van der Waals surface area contributed by atoms with Crippen LogP contribution in [0, 0.1) is 5.92 Å². The van der Waals surface area contributed by atoms with Gasteiger partial charge in [0.2, 0.25) is 0 Å². The summed E-state index contributed by atoms with van der Waals surface area (Å²) in [4.78, 5) is 24.3. The molecule has 98 valence electrons. The molecule has 0 saturated carbocycles. The maximum Gasteiger partial charge on any atom is 0.411 e. The minimum atomic E-state index is -0.952. The van der Waals surface area contributed by atoms with Crippen molar-refractivity contribution in [2.75, 3.05) is 6.54 Å². The minimum Gasteiger partial charge on any atom is -0.480 e. The van der Waals surface area contributed by atoms with Gasteiger partial charge in [-0.05, 0) is 33.1 Å². The molecule has 1 heterocycles. The number of hydrogen-bond acceptors (Lipinski definition) is 3. The van der Waals surface area contributed by atoms with Crippen LogP contribution in [0.25, 0.3) is 0 Å². The number of carbonyl (C=O) groups is 2. The first-order chi connectivity index (χ1) is 7.74. The van der Waals surface area contributed by atoms with Crippen molar-refractivity contribution in [2.24, 2.45) is 5.92 Å². The second-order valence-electron chi connectivity index (χ2n) is 5.50. The molecule has 1 fully saturated rings. The Kier molecular flexibility index (Phi) is 4.01. The van der Waals surface area contributed by atoms with E-state index in [1.54, 1.807) is 20.8 Å². The number of likely N-dealkylation sites (tertiary alicyclic amines) is 1. The number of rotatable bonds is 2. The van der Waals surface area contributed by atoms with Gasteiger partial charge in [-0.3, -0.25) is 4.90 Å². The number of nitrogens with zero attached hydrogens (tertiary/aromatic N) is 1. The summed E-state index contributed by atoms with van der Waals surface area (Å²) < 4.78 is 5.22. The first-order valence-electron chi connectivity index (χ1n) is 5.97. The van der Waals surface area contributed by atoms with Gasteiger partial charge in [-0.25, -0.2) is 9.59 Å². The van der Waals surface area contributed by atoms with Crippen molar-refractivity contribution in [3.05, 3.63) is 0 Å². The highest BCUT2D eigenvalue weighted by Gasteiger charge is 2.40. The molecule has 0 bridgehead atoms. The van der Waals surface area contributed by atoms with Gasteiger partial charge in [0.25, 0.3) is 0 Å². The van der Waals surface area contributed by atoms with Crippen LogP contribution in [-0.4, -0.2) is 40.3 Å². The zero-order valence-electron chi connectivity index (χ0n) is 10.9. The van der Waals surface area contributed by atoms with Crippen molar-refractivity contribution in [2.45, 2.75) is 52.2 Å². The number of hydrogen-bond donors (Lipinski definition) is 1. The first kappa shape index (κ1) is 13.8. The van der Waals surface area contributed by atoms with Gasteiger partial charge in [-0.2, -0.15) is 0 Å². The summed E-state index contributed by atoms with van der Waals surface area (Å²) in [6.45, 7) is 7.79. The molecule has 1 aliphatic heterocycles. The third-order valence-electron chi connectivity index (χ3n) is 2.88. The molecule has 1 N–H and O–H groups in total. The van der Waals surface area contributed by atoms with E-state index in [9.17, 15) is 9.59 Å². The Bertz CT molecular complexity index is 308. The summed E-state index contributed by atoms with van der Waals surface area (Å²) >= 11 is 0. The Balaban J connectivity index is 2.73. The molecule has 2 atom stereocenters. The fourth-order valence-electron chi connectivity index (χ4n) is 1.98. The second-order valence-corrected chi connectivity index (χ2v) is 5.50. The molecular formula is C12H21NO4. The Morgan fingerprint density at radius 1 is 1.41 bits per heavy atom. The molecule has 0 aromatic rings. The Labute approximate surface area is 102 Å². The van der Waals surface area contributed by atoms with Gasteiger partial charge in [0, 0.05) is 6.54 Å². The third-order valence-corrected chi connectivity index (χ3v) is 2.88. The van der Waals surface area contributed by atoms with E-state index in [1.165, 1.54) is 4.90 Å². The average molecular weight is 243 g/mol. The van der Waals surface area contributed by atoms with Gasteiger partial charge < -0.3 is 9.84 Å². The second kappa shape index (κ2) is 4.94. The molecule has 1 rings (SSSR count). The predicted molar refractivity (Wildman–Crippen MR) is 62.8 cm³/mol. The lowest BCUT2D eigenvalue weighted by atomic mass is 10.0. The van der Waals surface area contributed by atoms with Crippen LogP contribution in [0.5, 0.6) is 0 Å². The average Bonchev–Trinajstić information content (AvgIpc) is 2.58. The number of ether oxygens (including phenoxy) is 1. The van der Waals surface area contributed by atoms with Gasteiger partial charge in [0.1, 0.15) is 11.6 Å². The zero-order chi connectivity index (χ0) is 13.2. The van der Waals surface area contributed by atoms with E-state index in [-0.39, 0.29) is 5.92 Å². The van der Waals surface area contributed by atoms with Crippen LogP contribution in [0.4, 0.5) is 4.79 Å². The summed E-state index contributed by atoms with van der Waals surface area (Å²) in [5, 5.41) is 9.09. The molecule has 1 amide bonds. The predicted octanol–water partition coefficient (Wildman–Crippen LogP) is 2.11. The molecule has 5 nitrogen and oxygen atoms in total. The van der Waals surface area contributed by atoms with Gasteiger partial charge in [-0.1, -0.05) is 13.3 Å². The first-order valence-corrected chi connectivity index (χ1v) is 5.97. The van der Waals surface area contributed by atoms with Crippen LogP contribution in [0.1, 0.15) is 40.5 Å². The molecule has 1 saturated heterocycles. The molecule has 0 aromatic carbocycles. The van der Waals surface area contributed by atoms with Crippen LogP contribution in [0.2, 0.25) is 0 Å². The van der Waals surface area contributed by atoms with Crippen molar-refractivity contribution < 1.29 is 19.4 Å². The lowest BCUT2D eigenvalue weighted by Gasteiger charge is -2.26. The molecule has 0 radical (unpaired) electrons. The Morgan fingerprint density at radius 3 is 2.41 bits per heavy atom. The maximum absolute atomic E-state index is 11.9. The molecule has 0 aromatic heterocycles. The van der Waals surface area contributed by atoms with E-state index in [4.69, 9.17) is 9.84 Å². The topological polar surface area (TPSA) is 66.8 Å². The lowest BCUT2D eigenvalue weighted by molar-refractivity contribution is -0.142. The quantitative estimate of drug-likeness (QED) is 0.806. The highest BCUT2D eigenvalue weighted by atomic mass is 16.6. The van der Waals surface area contributed by atoms with Crippen molar-refractivity contribution >= 4 is 12.1 Å². The lowest BCUT2D eigenvalue weighted by Crippen LogP contribution is -2.43. The van der Waals surface area contributed by atoms with Crippen LogP contribution >= 0.6 is 0 Å². The molecule has 0 aliphatic carbocycles. The van der Waals surface area contributed by atoms with E-state index < -0.39 is 23.7 Å². The number of carboxylic acids is 1. The standard InChI is InChI=1S/C12H21NO4/c1-5-8-6-9(10(14)15)13(7-8)11(16)17-12(2,3)4/h8-9H,5-7H2,1-4H3,(H,14,15)/t8-,9-/m0/s1. The van der Waals surface area contributed by atoms with Crippen molar-refractivity contribution in [1.82, 2.24) is 4.90 Å². The monoisotopic (exact) mass is 243 g/mol. The normalized spacial score (nSPS) is 24.8. The Hall–Kier alpha value is -1.26. The van der Waals surface area contributed by atoms with Gasteiger partial charge >= 0.3 is 12.1 Å². The van der Waals surface area contributed by atoms with Gasteiger partial charge in [0.15, 0.2) is 0 Å². The van der Waals surface area contributed by atoms with Gasteiger partial charge in [0.05, 0.1) is 0 Å². The van der Waals surface area contributed by atoms with Crippen LogP contribution in [-0.2, 0) is 9.53 Å². The highest BCUT2D eigenvalue weighted by Crippen LogP contribution is 2.27. The summed E-state index contributed by atoms with van der Waals surface area (Å²) in [7, 11) is 0. The van der Waals surface area contributed by atoms with Crippen molar-refractivity contribution in [3.8, 4) is 0 Å². The van der Waals surface area contributed by atoms with E-state index in [0.717, 1.165) is 6.42 Å². The molecule has 0 spiro atoms. The smallest absolute Gasteiger partial charge is 0.411 e. The summed E-state index contributed by atoms with van der Waals surface area (Å²) in [5.74, 6) is -0.699. The maximum atomic E-state index is 11.9. The number of carbonyl (C=O) groups excluding carboxylic acids is 1. The number of aliphatic carboxylic acids is 1. The Morgan fingerprint density at radius 2 is 2.00 bits per heavy atom. The largest absolute Gasteiger partial charge is 0.480 e. The van der Waals surface area contributed by atoms with E-state index in [2.05, 4.69) is 0 Å². The minimum absolute atomic E-state index is 0.253. The molecule has 17 heavy (non-hydrogen) atoms. The van der Waals surface area contributed by atoms with Crippen molar-refractivity contribution in [3.63, 3.8) is 0 Å². The van der Waals surface area contributed by atoms with E-state index in [0.29, 0.717) is 13.0 Å². The highest BCUT2D eigenvalue weighted by molar-refractivity contribution is 5.80. The van der Waals surface area contributed by atoms with E-state index >= 15 is 0 Å². The van der Waals surface area contributed by atoms with Crippen LogP contribution in [0.15, 0.2) is 0 Å². The third kappa shape index (κ3) is 3.61. The van der Waals surface area contributed by atoms with Crippen molar-refractivity contribution in [1.29, 1.82) is 0 Å². The van der Waals surface area contributed by atoms with Gasteiger partial charge in [-0.15, -0.1) is 0 Å². The van der Waals surface area contributed by atoms with Crippen LogP contribution in [0.3, 0.4) is 0 Å². The molecule has 5 heteroatoms. The van der Waals surface area contributed by atoms with E-state index in [1.807, 2.05) is 6.92 Å². The molecule has 0 unspecified atom stereocenters. The fraction of sp³-hybridized carbons (Fsp3) is 0.833. The summed E-state index contributed by atoms with van der Waals surface area (Å²) in [5.41, 5.74) is -0.593. The summed E-state index contributed by atoms with van der Waals surface area (Å²) in [6, 6.07) is -0.741. The SMILES string of the molecule is CC[C@H]1C[C@@H](C(=O)O)N(C(=O)OC(C)(C)C)C1. The van der Waals surface area contributed by atoms with Crippen LogP contribution < -0.4 is 0 Å². The molecular weight excluding hydrogens is 222 g/mol.